The standard InChI is InChI=1S/C25H25N5O2/c1-16(2)30-24-20(15-27-30)19(14-22(28-24)17-9-5-4-6-10-17)25(32)29-21-12-8-7-11-18(21)13-23(31)26-3/h4-12,14-16H,13H2,1-3H3,(H,26,31)(H,29,32). The van der Waals surface area contributed by atoms with Crippen LogP contribution >= 0.6 is 0 Å². The van der Waals surface area contributed by atoms with E-state index < -0.39 is 0 Å². The molecule has 0 aliphatic carbocycles. The zero-order valence-electron chi connectivity index (χ0n) is 18.3. The van der Waals surface area contributed by atoms with Crippen LogP contribution in [-0.2, 0) is 11.2 Å². The third kappa shape index (κ3) is 4.23. The Morgan fingerprint density at radius 2 is 1.75 bits per heavy atom. The topological polar surface area (TPSA) is 88.9 Å². The zero-order valence-corrected chi connectivity index (χ0v) is 18.3. The highest BCUT2D eigenvalue weighted by Gasteiger charge is 2.19. The summed E-state index contributed by atoms with van der Waals surface area (Å²) in [6.45, 7) is 4.05. The number of amides is 2. The van der Waals surface area contributed by atoms with Crippen molar-refractivity contribution >= 4 is 28.5 Å². The predicted octanol–water partition coefficient (Wildman–Crippen LogP) is 4.22. The lowest BCUT2D eigenvalue weighted by atomic mass is 10.1. The normalized spacial score (nSPS) is 11.0. The molecule has 32 heavy (non-hydrogen) atoms. The first-order chi connectivity index (χ1) is 15.5. The summed E-state index contributed by atoms with van der Waals surface area (Å²) in [5.74, 6) is -0.398. The SMILES string of the molecule is CNC(=O)Cc1ccccc1NC(=O)c1cc(-c2ccccc2)nc2c1cnn2C(C)C. The average Bonchev–Trinajstić information content (AvgIpc) is 3.24. The van der Waals surface area contributed by atoms with Gasteiger partial charge in [0.05, 0.1) is 29.3 Å². The second kappa shape index (κ2) is 9.01. The molecule has 0 radical (unpaired) electrons. The summed E-state index contributed by atoms with van der Waals surface area (Å²) in [6, 6.07) is 18.9. The van der Waals surface area contributed by atoms with Gasteiger partial charge in [0.1, 0.15) is 0 Å². The van der Waals surface area contributed by atoms with E-state index in [0.29, 0.717) is 28.0 Å². The van der Waals surface area contributed by atoms with Crippen molar-refractivity contribution in [3.8, 4) is 11.3 Å². The number of rotatable bonds is 6. The van der Waals surface area contributed by atoms with Crippen LogP contribution in [0.2, 0.25) is 0 Å². The van der Waals surface area contributed by atoms with Gasteiger partial charge in [0.2, 0.25) is 5.91 Å². The van der Waals surface area contributed by atoms with Gasteiger partial charge in [-0.1, -0.05) is 48.5 Å². The summed E-state index contributed by atoms with van der Waals surface area (Å²) < 4.78 is 1.82. The number of likely N-dealkylation sites (N-methyl/N-ethyl adjacent to an activating group) is 1. The van der Waals surface area contributed by atoms with Crippen LogP contribution in [-0.4, -0.2) is 33.6 Å². The lowest BCUT2D eigenvalue weighted by molar-refractivity contribution is -0.119. The second-order valence-electron chi connectivity index (χ2n) is 7.80. The summed E-state index contributed by atoms with van der Waals surface area (Å²) in [7, 11) is 1.59. The molecule has 0 saturated carbocycles. The molecule has 0 saturated heterocycles. The Bertz CT molecular complexity index is 1280. The van der Waals surface area contributed by atoms with Crippen LogP contribution in [0.25, 0.3) is 22.3 Å². The summed E-state index contributed by atoms with van der Waals surface area (Å²) in [5.41, 5.74) is 4.10. The Hall–Kier alpha value is -4.00. The van der Waals surface area contributed by atoms with Crippen LogP contribution in [0, 0.1) is 0 Å². The second-order valence-corrected chi connectivity index (χ2v) is 7.80. The lowest BCUT2D eigenvalue weighted by Crippen LogP contribution is -2.21. The first-order valence-corrected chi connectivity index (χ1v) is 10.5. The van der Waals surface area contributed by atoms with Gasteiger partial charge >= 0.3 is 0 Å². The maximum atomic E-state index is 13.4. The number of hydrogen-bond acceptors (Lipinski definition) is 4. The molecule has 0 bridgehead atoms. The maximum Gasteiger partial charge on any atom is 0.256 e. The molecule has 0 unspecified atom stereocenters. The van der Waals surface area contributed by atoms with Crippen LogP contribution in [0.5, 0.6) is 0 Å². The van der Waals surface area contributed by atoms with Crippen LogP contribution < -0.4 is 10.6 Å². The Labute approximate surface area is 186 Å². The summed E-state index contributed by atoms with van der Waals surface area (Å²) in [4.78, 5) is 30.1. The number of nitrogens with one attached hydrogen (secondary N) is 2. The third-order valence-electron chi connectivity index (χ3n) is 5.27. The number of aromatic nitrogens is 3. The van der Waals surface area contributed by atoms with E-state index in [1.54, 1.807) is 25.4 Å². The number of fused-ring (bicyclic) bond motifs is 1. The quantitative estimate of drug-likeness (QED) is 0.482. The molecule has 0 aliphatic rings. The number of carbonyl (C=O) groups excluding carboxylic acids is 2. The number of carbonyl (C=O) groups is 2. The third-order valence-corrected chi connectivity index (χ3v) is 5.27. The van der Waals surface area contributed by atoms with Crippen molar-refractivity contribution in [2.45, 2.75) is 26.3 Å². The van der Waals surface area contributed by atoms with Crippen LogP contribution in [0.1, 0.15) is 35.8 Å². The van der Waals surface area contributed by atoms with Crippen molar-refractivity contribution in [2.24, 2.45) is 0 Å². The Kier molecular flexibility index (Phi) is 5.98. The van der Waals surface area contributed by atoms with Crippen LogP contribution in [0.4, 0.5) is 5.69 Å². The van der Waals surface area contributed by atoms with E-state index in [1.807, 2.05) is 67.1 Å². The molecule has 2 amide bonds. The smallest absolute Gasteiger partial charge is 0.256 e. The van der Waals surface area contributed by atoms with Crippen molar-refractivity contribution < 1.29 is 9.59 Å². The fourth-order valence-electron chi connectivity index (χ4n) is 3.59. The Balaban J connectivity index is 1.79. The van der Waals surface area contributed by atoms with Gasteiger partial charge < -0.3 is 10.6 Å². The zero-order chi connectivity index (χ0) is 22.7. The molecule has 0 spiro atoms. The van der Waals surface area contributed by atoms with Crippen molar-refractivity contribution in [2.75, 3.05) is 12.4 Å². The van der Waals surface area contributed by atoms with E-state index in [4.69, 9.17) is 4.98 Å². The number of nitrogens with zero attached hydrogens (tertiary/aromatic N) is 3. The summed E-state index contributed by atoms with van der Waals surface area (Å²) in [6.07, 6.45) is 1.86. The molecule has 2 aromatic heterocycles. The van der Waals surface area contributed by atoms with Crippen LogP contribution in [0.3, 0.4) is 0 Å². The van der Waals surface area contributed by atoms with Gasteiger partial charge in [-0.2, -0.15) is 5.10 Å². The van der Waals surface area contributed by atoms with Gasteiger partial charge in [0.25, 0.3) is 5.91 Å². The van der Waals surface area contributed by atoms with E-state index in [-0.39, 0.29) is 24.3 Å². The van der Waals surface area contributed by atoms with Gasteiger partial charge in [-0.3, -0.25) is 9.59 Å². The molecule has 162 valence electrons. The molecule has 0 fully saturated rings. The lowest BCUT2D eigenvalue weighted by Gasteiger charge is -2.13. The van der Waals surface area contributed by atoms with E-state index >= 15 is 0 Å². The van der Waals surface area contributed by atoms with E-state index in [1.165, 1.54) is 0 Å². The van der Waals surface area contributed by atoms with Crippen LogP contribution in [0.15, 0.2) is 66.9 Å². The Morgan fingerprint density at radius 1 is 1.03 bits per heavy atom. The fraction of sp³-hybridized carbons (Fsp3) is 0.200. The van der Waals surface area contributed by atoms with E-state index in [2.05, 4.69) is 15.7 Å². The van der Waals surface area contributed by atoms with Gasteiger partial charge in [-0.15, -0.1) is 0 Å². The van der Waals surface area contributed by atoms with Gasteiger partial charge in [-0.05, 0) is 31.5 Å². The van der Waals surface area contributed by atoms with E-state index in [0.717, 1.165) is 11.1 Å². The van der Waals surface area contributed by atoms with Gasteiger partial charge in [0.15, 0.2) is 5.65 Å². The number of para-hydroxylation sites is 1. The monoisotopic (exact) mass is 427 g/mol. The first-order valence-electron chi connectivity index (χ1n) is 10.5. The molecule has 2 N–H and O–H groups in total. The van der Waals surface area contributed by atoms with Crippen molar-refractivity contribution in [1.29, 1.82) is 0 Å². The number of benzene rings is 2. The maximum absolute atomic E-state index is 13.4. The average molecular weight is 428 g/mol. The van der Waals surface area contributed by atoms with E-state index in [9.17, 15) is 9.59 Å². The van der Waals surface area contributed by atoms with Crippen molar-refractivity contribution in [3.05, 3.63) is 78.0 Å². The molecule has 0 atom stereocenters. The van der Waals surface area contributed by atoms with Crippen molar-refractivity contribution in [3.63, 3.8) is 0 Å². The molecular weight excluding hydrogens is 402 g/mol. The largest absolute Gasteiger partial charge is 0.359 e. The van der Waals surface area contributed by atoms with Gasteiger partial charge in [-0.25, -0.2) is 9.67 Å². The minimum absolute atomic E-state index is 0.0928. The minimum Gasteiger partial charge on any atom is -0.359 e. The number of anilines is 1. The molecule has 7 nitrogen and oxygen atoms in total. The first kappa shape index (κ1) is 21.2. The van der Waals surface area contributed by atoms with Crippen molar-refractivity contribution in [1.82, 2.24) is 20.1 Å². The highest BCUT2D eigenvalue weighted by atomic mass is 16.2. The number of hydrogen-bond donors (Lipinski definition) is 2. The molecule has 7 heteroatoms. The molecule has 4 rings (SSSR count). The molecular formula is C25H25N5O2. The highest BCUT2D eigenvalue weighted by Crippen LogP contribution is 2.27. The fourth-order valence-corrected chi connectivity index (χ4v) is 3.59. The molecule has 4 aromatic rings. The summed E-state index contributed by atoms with van der Waals surface area (Å²) in [5, 5.41) is 10.7. The molecule has 2 aromatic carbocycles. The highest BCUT2D eigenvalue weighted by molar-refractivity contribution is 6.13. The molecule has 2 heterocycles. The minimum atomic E-state index is -0.276. The molecule has 0 aliphatic heterocycles. The van der Waals surface area contributed by atoms with Gasteiger partial charge in [0, 0.05) is 24.3 Å². The summed E-state index contributed by atoms with van der Waals surface area (Å²) >= 11 is 0. The Morgan fingerprint density at radius 3 is 2.47 bits per heavy atom. The number of pyridine rings is 1. The predicted molar refractivity (Wildman–Crippen MR) is 126 cm³/mol.